The van der Waals surface area contributed by atoms with Crippen molar-refractivity contribution in [2.45, 2.75) is 27.2 Å². The highest BCUT2D eigenvalue weighted by molar-refractivity contribution is 7.11. The predicted molar refractivity (Wildman–Crippen MR) is 89.3 cm³/mol. The molecule has 0 saturated heterocycles. The van der Waals surface area contributed by atoms with Crippen LogP contribution in [0.4, 0.5) is 11.4 Å². The van der Waals surface area contributed by atoms with E-state index in [1.165, 1.54) is 17.5 Å². The summed E-state index contributed by atoms with van der Waals surface area (Å²) in [6.07, 6.45) is 2.00. The molecule has 6 heteroatoms. The van der Waals surface area contributed by atoms with Crippen LogP contribution in [-0.2, 0) is 4.79 Å². The lowest BCUT2D eigenvalue weighted by molar-refractivity contribution is -0.116. The average molecular weight is 317 g/mol. The Kier molecular flexibility index (Phi) is 5.27. The molecule has 0 bridgehead atoms. The van der Waals surface area contributed by atoms with Gasteiger partial charge in [-0.05, 0) is 30.5 Å². The Morgan fingerprint density at radius 2 is 1.91 bits per heavy atom. The van der Waals surface area contributed by atoms with Crippen LogP contribution < -0.4 is 10.6 Å². The number of carbonyl (C=O) groups is 2. The second-order valence-corrected chi connectivity index (χ2v) is 6.33. The molecule has 0 spiro atoms. The third kappa shape index (κ3) is 4.14. The summed E-state index contributed by atoms with van der Waals surface area (Å²) in [5.74, 6) is 0.0785. The van der Waals surface area contributed by atoms with Crippen molar-refractivity contribution in [2.24, 2.45) is 5.92 Å². The van der Waals surface area contributed by atoms with Gasteiger partial charge in [-0.25, -0.2) is 0 Å². The molecule has 2 rings (SSSR count). The number of hydrogen-bond donors (Lipinski definition) is 2. The fourth-order valence-electron chi connectivity index (χ4n) is 1.99. The van der Waals surface area contributed by atoms with Gasteiger partial charge in [0.25, 0.3) is 5.91 Å². The van der Waals surface area contributed by atoms with Crippen LogP contribution in [-0.4, -0.2) is 16.8 Å². The van der Waals surface area contributed by atoms with E-state index >= 15 is 0 Å². The van der Waals surface area contributed by atoms with Crippen LogP contribution in [0.2, 0.25) is 0 Å². The molecule has 1 heterocycles. The van der Waals surface area contributed by atoms with E-state index in [2.05, 4.69) is 15.6 Å². The van der Waals surface area contributed by atoms with Crippen LogP contribution in [0.5, 0.6) is 0 Å². The number of amides is 2. The molecule has 2 amide bonds. The zero-order chi connectivity index (χ0) is 16.1. The topological polar surface area (TPSA) is 71.1 Å². The van der Waals surface area contributed by atoms with E-state index in [1.54, 1.807) is 11.6 Å². The molecule has 0 unspecified atom stereocenters. The Morgan fingerprint density at radius 3 is 2.50 bits per heavy atom. The second-order valence-electron chi connectivity index (χ2n) is 5.44. The summed E-state index contributed by atoms with van der Waals surface area (Å²) in [4.78, 5) is 28.4. The van der Waals surface area contributed by atoms with Crippen molar-refractivity contribution in [1.82, 2.24) is 4.98 Å². The fraction of sp³-hybridized carbons (Fsp3) is 0.312. The van der Waals surface area contributed by atoms with Gasteiger partial charge in [0, 0.05) is 17.8 Å². The van der Waals surface area contributed by atoms with Crippen LogP contribution >= 0.6 is 11.3 Å². The number of carbonyl (C=O) groups excluding carboxylic acids is 2. The number of anilines is 2. The fourth-order valence-corrected chi connectivity index (χ4v) is 2.51. The van der Waals surface area contributed by atoms with Crippen LogP contribution in [0.15, 0.2) is 29.9 Å². The highest BCUT2D eigenvalue weighted by atomic mass is 32.1. The maximum Gasteiger partial charge on any atom is 0.267 e. The number of nitrogens with one attached hydrogen (secondary N) is 2. The molecule has 2 N–H and O–H groups in total. The van der Waals surface area contributed by atoms with Gasteiger partial charge < -0.3 is 10.6 Å². The first kappa shape index (κ1) is 16.2. The van der Waals surface area contributed by atoms with Crippen molar-refractivity contribution in [1.29, 1.82) is 0 Å². The lowest BCUT2D eigenvalue weighted by Crippen LogP contribution is -2.16. The van der Waals surface area contributed by atoms with Crippen LogP contribution in [0.25, 0.3) is 0 Å². The molecule has 1 aromatic heterocycles. The summed E-state index contributed by atoms with van der Waals surface area (Å²) >= 11 is 1.28. The van der Waals surface area contributed by atoms with Crippen molar-refractivity contribution in [3.63, 3.8) is 0 Å². The molecule has 0 atom stereocenters. The van der Waals surface area contributed by atoms with Gasteiger partial charge in [-0.1, -0.05) is 19.9 Å². The summed E-state index contributed by atoms with van der Waals surface area (Å²) in [6, 6.07) is 5.45. The standard InChI is InChI=1S/C16H19N3O2S/c1-10(2)7-15(20)18-12-5-4-6-13(11(12)3)19-16(21)14-8-17-9-22-14/h4-6,8-10H,7H2,1-3H3,(H,18,20)(H,19,21). The minimum absolute atomic E-state index is 0.0240. The first-order valence-electron chi connectivity index (χ1n) is 7.06. The minimum Gasteiger partial charge on any atom is -0.326 e. The van der Waals surface area contributed by atoms with Crippen molar-refractivity contribution < 1.29 is 9.59 Å². The van der Waals surface area contributed by atoms with Crippen LogP contribution in [0.1, 0.15) is 35.5 Å². The number of nitrogens with zero attached hydrogens (tertiary/aromatic N) is 1. The summed E-state index contributed by atoms with van der Waals surface area (Å²) in [5, 5.41) is 5.74. The molecule has 2 aromatic rings. The smallest absolute Gasteiger partial charge is 0.267 e. The molecule has 0 aliphatic rings. The number of rotatable bonds is 5. The van der Waals surface area contributed by atoms with Crippen LogP contribution in [0.3, 0.4) is 0 Å². The summed E-state index contributed by atoms with van der Waals surface area (Å²) in [7, 11) is 0. The molecule has 5 nitrogen and oxygen atoms in total. The van der Waals surface area contributed by atoms with E-state index in [9.17, 15) is 9.59 Å². The lowest BCUT2D eigenvalue weighted by Gasteiger charge is -2.13. The molecular weight excluding hydrogens is 298 g/mol. The quantitative estimate of drug-likeness (QED) is 0.883. The van der Waals surface area contributed by atoms with Gasteiger partial charge in [0.15, 0.2) is 0 Å². The third-order valence-electron chi connectivity index (χ3n) is 3.11. The lowest BCUT2D eigenvalue weighted by atomic mass is 10.1. The van der Waals surface area contributed by atoms with E-state index in [4.69, 9.17) is 0 Å². The molecule has 1 aromatic carbocycles. The first-order chi connectivity index (χ1) is 10.5. The number of aromatic nitrogens is 1. The van der Waals surface area contributed by atoms with Gasteiger partial charge in [-0.3, -0.25) is 14.6 Å². The van der Waals surface area contributed by atoms with E-state index in [0.29, 0.717) is 28.6 Å². The predicted octanol–water partition coefficient (Wildman–Crippen LogP) is 3.69. The van der Waals surface area contributed by atoms with Gasteiger partial charge in [0.2, 0.25) is 5.91 Å². The van der Waals surface area contributed by atoms with Gasteiger partial charge in [0.1, 0.15) is 4.88 Å². The summed E-state index contributed by atoms with van der Waals surface area (Å²) < 4.78 is 0. The Labute approximate surface area is 133 Å². The third-order valence-corrected chi connectivity index (χ3v) is 3.88. The molecule has 0 radical (unpaired) electrons. The Bertz CT molecular complexity index is 666. The van der Waals surface area contributed by atoms with E-state index in [1.807, 2.05) is 32.9 Å². The molecule has 0 fully saturated rings. The molecule has 116 valence electrons. The monoisotopic (exact) mass is 317 g/mol. The van der Waals surface area contributed by atoms with E-state index in [0.717, 1.165) is 5.56 Å². The van der Waals surface area contributed by atoms with Gasteiger partial charge >= 0.3 is 0 Å². The molecular formula is C16H19N3O2S. The molecule has 0 aliphatic carbocycles. The van der Waals surface area contributed by atoms with E-state index < -0.39 is 0 Å². The largest absolute Gasteiger partial charge is 0.326 e. The van der Waals surface area contributed by atoms with Gasteiger partial charge in [-0.15, -0.1) is 11.3 Å². The first-order valence-corrected chi connectivity index (χ1v) is 7.94. The minimum atomic E-state index is -0.198. The highest BCUT2D eigenvalue weighted by Gasteiger charge is 2.12. The van der Waals surface area contributed by atoms with Gasteiger partial charge in [-0.2, -0.15) is 0 Å². The average Bonchev–Trinajstić information content (AvgIpc) is 2.96. The Hall–Kier alpha value is -2.21. The van der Waals surface area contributed by atoms with Crippen LogP contribution in [0, 0.1) is 12.8 Å². The maximum absolute atomic E-state index is 12.1. The number of hydrogen-bond acceptors (Lipinski definition) is 4. The summed E-state index contributed by atoms with van der Waals surface area (Å²) in [6.45, 7) is 5.86. The zero-order valence-electron chi connectivity index (χ0n) is 12.8. The summed E-state index contributed by atoms with van der Waals surface area (Å²) in [5.41, 5.74) is 3.84. The molecule has 0 aliphatic heterocycles. The maximum atomic E-state index is 12.1. The zero-order valence-corrected chi connectivity index (χ0v) is 13.7. The SMILES string of the molecule is Cc1c(NC(=O)CC(C)C)cccc1NC(=O)c1cncs1. The second kappa shape index (κ2) is 7.17. The van der Waals surface area contributed by atoms with Crippen molar-refractivity contribution in [3.8, 4) is 0 Å². The van der Waals surface area contributed by atoms with E-state index in [-0.39, 0.29) is 11.8 Å². The Balaban J connectivity index is 2.12. The normalized spacial score (nSPS) is 10.5. The van der Waals surface area contributed by atoms with Gasteiger partial charge in [0.05, 0.1) is 11.7 Å². The number of benzene rings is 1. The van der Waals surface area contributed by atoms with Crippen molar-refractivity contribution >= 4 is 34.5 Å². The van der Waals surface area contributed by atoms with Crippen molar-refractivity contribution in [2.75, 3.05) is 10.6 Å². The highest BCUT2D eigenvalue weighted by Crippen LogP contribution is 2.24. The Morgan fingerprint density at radius 1 is 1.23 bits per heavy atom. The molecule has 22 heavy (non-hydrogen) atoms. The van der Waals surface area contributed by atoms with Crippen molar-refractivity contribution in [3.05, 3.63) is 40.3 Å². The molecule has 0 saturated carbocycles. The number of thiazole rings is 1.